The van der Waals surface area contributed by atoms with E-state index in [1.807, 2.05) is 24.7 Å². The Morgan fingerprint density at radius 1 is 1.45 bits per heavy atom. The molecule has 0 amide bonds. The molecule has 1 fully saturated rings. The normalized spacial score (nSPS) is 21.8. The van der Waals surface area contributed by atoms with Crippen LogP contribution in [0.15, 0.2) is 30.9 Å². The molecule has 1 atom stereocenters. The quantitative estimate of drug-likeness (QED) is 0.912. The summed E-state index contributed by atoms with van der Waals surface area (Å²) in [5, 5.41) is 0. The Bertz CT molecular complexity index is 605. The zero-order valence-corrected chi connectivity index (χ0v) is 11.9. The van der Waals surface area contributed by atoms with Crippen LogP contribution in [-0.2, 0) is 4.74 Å². The summed E-state index contributed by atoms with van der Waals surface area (Å²) in [6, 6.07) is 4.27. The number of imidazole rings is 1. The molecule has 1 aliphatic rings. The van der Waals surface area contributed by atoms with Gasteiger partial charge >= 0.3 is 0 Å². The van der Waals surface area contributed by atoms with E-state index < -0.39 is 0 Å². The van der Waals surface area contributed by atoms with Gasteiger partial charge in [-0.25, -0.2) is 9.97 Å². The molecule has 0 saturated carbocycles. The number of nitrogens with two attached hydrogens (primary N) is 1. The van der Waals surface area contributed by atoms with Gasteiger partial charge in [-0.15, -0.1) is 0 Å². The van der Waals surface area contributed by atoms with Gasteiger partial charge in [0.1, 0.15) is 5.82 Å². The molecule has 0 bridgehead atoms. The molecule has 1 unspecified atom stereocenters. The second-order valence-corrected chi connectivity index (χ2v) is 5.88. The fourth-order valence-electron chi connectivity index (χ4n) is 2.88. The number of hydrogen-bond acceptors (Lipinski definition) is 4. The topological polar surface area (TPSA) is 66.0 Å². The summed E-state index contributed by atoms with van der Waals surface area (Å²) in [5.74, 6) is 0.542. The van der Waals surface area contributed by atoms with Crippen molar-refractivity contribution in [2.75, 3.05) is 12.3 Å². The maximum atomic E-state index is 5.99. The Hall–Kier alpha value is -1.88. The fourth-order valence-corrected chi connectivity index (χ4v) is 2.88. The van der Waals surface area contributed by atoms with Crippen LogP contribution in [0.4, 0.5) is 5.82 Å². The van der Waals surface area contributed by atoms with Gasteiger partial charge in [0.05, 0.1) is 23.8 Å². The lowest BCUT2D eigenvalue weighted by molar-refractivity contribution is -0.0688. The van der Waals surface area contributed by atoms with Crippen LogP contribution in [0.3, 0.4) is 0 Å². The van der Waals surface area contributed by atoms with E-state index in [0.29, 0.717) is 11.9 Å². The monoisotopic (exact) mass is 272 g/mol. The molecule has 1 aliphatic heterocycles. The average Bonchev–Trinajstić information content (AvgIpc) is 2.87. The van der Waals surface area contributed by atoms with Crippen LogP contribution in [0.5, 0.6) is 0 Å². The number of rotatable bonds is 2. The van der Waals surface area contributed by atoms with E-state index in [-0.39, 0.29) is 5.60 Å². The Kier molecular flexibility index (Phi) is 3.22. The number of nitrogens with zero attached hydrogens (tertiary/aromatic N) is 3. The fraction of sp³-hybridized carbons (Fsp3) is 0.467. The molecule has 106 valence electrons. The Balaban J connectivity index is 1.97. The smallest absolute Gasteiger partial charge is 0.132 e. The third kappa shape index (κ3) is 2.41. The molecule has 0 aliphatic carbocycles. The predicted molar refractivity (Wildman–Crippen MR) is 78.2 cm³/mol. The molecular weight excluding hydrogens is 252 g/mol. The first-order chi connectivity index (χ1) is 9.57. The SMILES string of the molecule is CC1(C)CC(n2cncc2-c2cccnc2N)CCO1. The predicted octanol–water partition coefficient (Wildman–Crippen LogP) is 2.66. The van der Waals surface area contributed by atoms with Gasteiger partial charge in [-0.05, 0) is 38.8 Å². The van der Waals surface area contributed by atoms with Gasteiger partial charge in [-0.1, -0.05) is 0 Å². The highest BCUT2D eigenvalue weighted by atomic mass is 16.5. The molecule has 2 aromatic heterocycles. The highest BCUT2D eigenvalue weighted by Crippen LogP contribution is 2.35. The molecule has 5 nitrogen and oxygen atoms in total. The zero-order valence-electron chi connectivity index (χ0n) is 11.9. The van der Waals surface area contributed by atoms with Gasteiger partial charge in [0.15, 0.2) is 0 Å². The molecule has 1 saturated heterocycles. The molecule has 0 radical (unpaired) electrons. The molecule has 3 rings (SSSR count). The molecule has 5 heteroatoms. The summed E-state index contributed by atoms with van der Waals surface area (Å²) in [6.07, 6.45) is 7.41. The van der Waals surface area contributed by atoms with Crippen LogP contribution in [0.1, 0.15) is 32.7 Å². The van der Waals surface area contributed by atoms with Gasteiger partial charge in [0, 0.05) is 24.4 Å². The minimum atomic E-state index is -0.0923. The number of ether oxygens (including phenoxy) is 1. The molecular formula is C15H20N4O. The lowest BCUT2D eigenvalue weighted by Crippen LogP contribution is -2.35. The first kappa shape index (κ1) is 13.1. The van der Waals surface area contributed by atoms with Crippen molar-refractivity contribution in [2.24, 2.45) is 0 Å². The first-order valence-corrected chi connectivity index (χ1v) is 6.93. The van der Waals surface area contributed by atoms with E-state index in [9.17, 15) is 0 Å². The van der Waals surface area contributed by atoms with Gasteiger partial charge in [0.25, 0.3) is 0 Å². The van der Waals surface area contributed by atoms with Crippen molar-refractivity contribution in [3.8, 4) is 11.3 Å². The van der Waals surface area contributed by atoms with Crippen molar-refractivity contribution in [1.82, 2.24) is 14.5 Å². The minimum absolute atomic E-state index is 0.0923. The molecule has 0 aromatic carbocycles. The van der Waals surface area contributed by atoms with E-state index in [1.54, 1.807) is 6.20 Å². The molecule has 2 aromatic rings. The zero-order chi connectivity index (χ0) is 14.2. The molecule has 3 heterocycles. The van der Waals surface area contributed by atoms with E-state index in [1.165, 1.54) is 0 Å². The number of nitrogen functional groups attached to an aromatic ring is 1. The van der Waals surface area contributed by atoms with Gasteiger partial charge < -0.3 is 15.0 Å². The van der Waals surface area contributed by atoms with E-state index in [2.05, 4.69) is 28.4 Å². The van der Waals surface area contributed by atoms with Crippen LogP contribution >= 0.6 is 0 Å². The van der Waals surface area contributed by atoms with Crippen LogP contribution in [0.2, 0.25) is 0 Å². The van der Waals surface area contributed by atoms with E-state index in [0.717, 1.165) is 30.7 Å². The van der Waals surface area contributed by atoms with Gasteiger partial charge in [0.2, 0.25) is 0 Å². The van der Waals surface area contributed by atoms with Crippen LogP contribution in [0, 0.1) is 0 Å². The number of pyridine rings is 1. The largest absolute Gasteiger partial charge is 0.383 e. The third-order valence-electron chi connectivity index (χ3n) is 3.85. The Labute approximate surface area is 118 Å². The Morgan fingerprint density at radius 3 is 3.05 bits per heavy atom. The average molecular weight is 272 g/mol. The van der Waals surface area contributed by atoms with Crippen molar-refractivity contribution < 1.29 is 4.74 Å². The van der Waals surface area contributed by atoms with Crippen molar-refractivity contribution in [1.29, 1.82) is 0 Å². The number of hydrogen-bond donors (Lipinski definition) is 1. The lowest BCUT2D eigenvalue weighted by Gasteiger charge is -2.36. The lowest BCUT2D eigenvalue weighted by atomic mass is 9.93. The van der Waals surface area contributed by atoms with E-state index in [4.69, 9.17) is 10.5 Å². The Morgan fingerprint density at radius 2 is 2.30 bits per heavy atom. The van der Waals surface area contributed by atoms with Crippen molar-refractivity contribution in [2.45, 2.75) is 38.3 Å². The van der Waals surface area contributed by atoms with Crippen LogP contribution < -0.4 is 5.73 Å². The first-order valence-electron chi connectivity index (χ1n) is 6.93. The summed E-state index contributed by atoms with van der Waals surface area (Å²) in [4.78, 5) is 8.46. The maximum Gasteiger partial charge on any atom is 0.132 e. The highest BCUT2D eigenvalue weighted by Gasteiger charge is 2.30. The molecule has 0 spiro atoms. The second kappa shape index (κ2) is 4.90. The second-order valence-electron chi connectivity index (χ2n) is 5.88. The highest BCUT2D eigenvalue weighted by molar-refractivity contribution is 5.70. The number of aromatic nitrogens is 3. The van der Waals surface area contributed by atoms with Gasteiger partial charge in [-0.3, -0.25) is 0 Å². The standard InChI is InChI=1S/C15H20N4O/c1-15(2)8-11(5-7-20-15)19-10-17-9-13(19)12-4-3-6-18-14(12)16/h3-4,6,9-11H,5,7-8H2,1-2H3,(H2,16,18). The summed E-state index contributed by atoms with van der Waals surface area (Å²) in [5.41, 5.74) is 7.86. The van der Waals surface area contributed by atoms with Crippen LogP contribution in [0.25, 0.3) is 11.3 Å². The van der Waals surface area contributed by atoms with Crippen molar-refractivity contribution >= 4 is 5.82 Å². The van der Waals surface area contributed by atoms with Crippen LogP contribution in [-0.4, -0.2) is 26.7 Å². The third-order valence-corrected chi connectivity index (χ3v) is 3.85. The van der Waals surface area contributed by atoms with E-state index >= 15 is 0 Å². The number of anilines is 1. The summed E-state index contributed by atoms with van der Waals surface area (Å²) < 4.78 is 8.00. The summed E-state index contributed by atoms with van der Waals surface area (Å²) >= 11 is 0. The maximum absolute atomic E-state index is 5.99. The molecule has 2 N–H and O–H groups in total. The summed E-state index contributed by atoms with van der Waals surface area (Å²) in [6.45, 7) is 5.04. The minimum Gasteiger partial charge on any atom is -0.383 e. The van der Waals surface area contributed by atoms with Crippen molar-refractivity contribution in [3.05, 3.63) is 30.9 Å². The molecule has 20 heavy (non-hydrogen) atoms. The van der Waals surface area contributed by atoms with Crippen molar-refractivity contribution in [3.63, 3.8) is 0 Å². The van der Waals surface area contributed by atoms with Gasteiger partial charge in [-0.2, -0.15) is 0 Å². The summed E-state index contributed by atoms with van der Waals surface area (Å²) in [7, 11) is 0.